The molecule has 7 nitrogen and oxygen atoms in total. The van der Waals surface area contributed by atoms with E-state index in [1.54, 1.807) is 19.2 Å². The van der Waals surface area contributed by atoms with E-state index in [-0.39, 0.29) is 29.0 Å². The van der Waals surface area contributed by atoms with Crippen LogP contribution in [-0.2, 0) is 16.4 Å². The lowest BCUT2D eigenvalue weighted by Crippen LogP contribution is -2.43. The number of rotatable bonds is 6. The molecular formula is C16H22F3N3O4S. The number of halogens is 3. The van der Waals surface area contributed by atoms with Crippen molar-refractivity contribution in [2.24, 2.45) is 4.99 Å². The lowest BCUT2D eigenvalue weighted by Gasteiger charge is -2.17. The van der Waals surface area contributed by atoms with Crippen molar-refractivity contribution in [3.8, 4) is 11.5 Å². The van der Waals surface area contributed by atoms with Crippen molar-refractivity contribution >= 4 is 15.8 Å². The van der Waals surface area contributed by atoms with Crippen molar-refractivity contribution in [1.29, 1.82) is 0 Å². The highest BCUT2D eigenvalue weighted by atomic mass is 32.2. The van der Waals surface area contributed by atoms with E-state index >= 15 is 0 Å². The molecule has 0 spiro atoms. The van der Waals surface area contributed by atoms with Crippen molar-refractivity contribution in [3.63, 3.8) is 0 Å². The molecule has 1 aromatic carbocycles. The van der Waals surface area contributed by atoms with Gasteiger partial charge < -0.3 is 20.1 Å². The van der Waals surface area contributed by atoms with E-state index in [1.165, 1.54) is 13.2 Å². The number of sulfone groups is 1. The van der Waals surface area contributed by atoms with Gasteiger partial charge in [0.15, 0.2) is 33.9 Å². The Bertz CT molecular complexity index is 782. The van der Waals surface area contributed by atoms with Gasteiger partial charge in [-0.15, -0.1) is 0 Å². The van der Waals surface area contributed by atoms with Crippen LogP contribution in [0.1, 0.15) is 12.0 Å². The molecule has 0 radical (unpaired) electrons. The maximum absolute atomic E-state index is 12.3. The molecule has 1 atom stereocenters. The van der Waals surface area contributed by atoms with E-state index in [9.17, 15) is 21.6 Å². The number of guanidine groups is 1. The minimum absolute atomic E-state index is 0.00255. The van der Waals surface area contributed by atoms with Gasteiger partial charge in [0.2, 0.25) is 0 Å². The van der Waals surface area contributed by atoms with Crippen LogP contribution < -0.4 is 20.1 Å². The molecule has 1 heterocycles. The zero-order valence-corrected chi connectivity index (χ0v) is 15.8. The molecule has 0 bridgehead atoms. The molecular weight excluding hydrogens is 387 g/mol. The first-order chi connectivity index (χ1) is 12.6. The van der Waals surface area contributed by atoms with Crippen molar-refractivity contribution < 1.29 is 31.1 Å². The van der Waals surface area contributed by atoms with Crippen molar-refractivity contribution in [2.75, 3.05) is 32.3 Å². The number of ether oxygens (including phenoxy) is 2. The molecule has 0 aromatic heterocycles. The first kappa shape index (κ1) is 21.1. The molecule has 1 aliphatic heterocycles. The zero-order valence-electron chi connectivity index (χ0n) is 15.0. The number of methoxy groups -OCH3 is 1. The van der Waals surface area contributed by atoms with Crippen molar-refractivity contribution in [1.82, 2.24) is 10.6 Å². The molecule has 1 unspecified atom stereocenters. The predicted octanol–water partition coefficient (Wildman–Crippen LogP) is 1.49. The largest absolute Gasteiger partial charge is 0.493 e. The number of nitrogens with zero attached hydrogens (tertiary/aromatic N) is 1. The Labute approximate surface area is 155 Å². The van der Waals surface area contributed by atoms with Gasteiger partial charge in [0.25, 0.3) is 0 Å². The molecule has 27 heavy (non-hydrogen) atoms. The Balaban J connectivity index is 1.94. The summed E-state index contributed by atoms with van der Waals surface area (Å²) in [4.78, 5) is 4.05. The second-order valence-corrected chi connectivity index (χ2v) is 8.29. The van der Waals surface area contributed by atoms with E-state index in [4.69, 9.17) is 9.47 Å². The van der Waals surface area contributed by atoms with Gasteiger partial charge >= 0.3 is 6.18 Å². The molecule has 1 saturated heterocycles. The van der Waals surface area contributed by atoms with Crippen LogP contribution in [0, 0.1) is 0 Å². The fraction of sp³-hybridized carbons (Fsp3) is 0.562. The summed E-state index contributed by atoms with van der Waals surface area (Å²) in [7, 11) is -0.0978. The van der Waals surface area contributed by atoms with Crippen LogP contribution in [-0.4, -0.2) is 58.9 Å². The third-order valence-corrected chi connectivity index (χ3v) is 5.64. The third kappa shape index (κ3) is 6.81. The van der Waals surface area contributed by atoms with Gasteiger partial charge in [-0.1, -0.05) is 6.07 Å². The summed E-state index contributed by atoms with van der Waals surface area (Å²) in [5.74, 6) is 0.833. The summed E-state index contributed by atoms with van der Waals surface area (Å²) in [6, 6.07) is 4.37. The van der Waals surface area contributed by atoms with Gasteiger partial charge in [-0.05, 0) is 24.1 Å². The van der Waals surface area contributed by atoms with Gasteiger partial charge in [0, 0.05) is 19.6 Å². The van der Waals surface area contributed by atoms with Crippen LogP contribution in [0.3, 0.4) is 0 Å². The average Bonchev–Trinajstić information content (AvgIpc) is 2.94. The monoisotopic (exact) mass is 409 g/mol. The minimum Gasteiger partial charge on any atom is -0.493 e. The Morgan fingerprint density at radius 1 is 1.33 bits per heavy atom. The average molecular weight is 409 g/mol. The number of hydrogen-bond acceptors (Lipinski definition) is 5. The minimum atomic E-state index is -4.43. The van der Waals surface area contributed by atoms with Crippen LogP contribution in [0.5, 0.6) is 11.5 Å². The van der Waals surface area contributed by atoms with Crippen LogP contribution in [0.2, 0.25) is 0 Å². The highest BCUT2D eigenvalue weighted by molar-refractivity contribution is 7.91. The molecule has 1 aliphatic rings. The number of nitrogens with one attached hydrogen (secondary N) is 2. The lowest BCUT2D eigenvalue weighted by atomic mass is 10.2. The Hall–Kier alpha value is -2.17. The summed E-state index contributed by atoms with van der Waals surface area (Å²) in [6.07, 6.45) is -3.92. The van der Waals surface area contributed by atoms with Crippen LogP contribution in [0.25, 0.3) is 0 Å². The van der Waals surface area contributed by atoms with Gasteiger partial charge in [-0.2, -0.15) is 13.2 Å². The smallest absolute Gasteiger partial charge is 0.422 e. The highest BCUT2D eigenvalue weighted by Crippen LogP contribution is 2.29. The molecule has 1 aromatic rings. The Kier molecular flexibility index (Phi) is 6.79. The topological polar surface area (TPSA) is 89.0 Å². The van der Waals surface area contributed by atoms with E-state index in [0.717, 1.165) is 5.56 Å². The van der Waals surface area contributed by atoms with Crippen LogP contribution >= 0.6 is 0 Å². The second kappa shape index (κ2) is 8.68. The maximum atomic E-state index is 12.3. The molecule has 2 rings (SSSR count). The molecule has 0 saturated carbocycles. The summed E-state index contributed by atoms with van der Waals surface area (Å²) >= 11 is 0. The van der Waals surface area contributed by atoms with Crippen molar-refractivity contribution in [3.05, 3.63) is 23.8 Å². The van der Waals surface area contributed by atoms with Crippen LogP contribution in [0.4, 0.5) is 13.2 Å². The normalized spacial score (nSPS) is 19.6. The van der Waals surface area contributed by atoms with Gasteiger partial charge in [0.05, 0.1) is 18.6 Å². The van der Waals surface area contributed by atoms with Gasteiger partial charge in [0.1, 0.15) is 0 Å². The predicted molar refractivity (Wildman–Crippen MR) is 94.9 cm³/mol. The Morgan fingerprint density at radius 2 is 2.07 bits per heavy atom. The van der Waals surface area contributed by atoms with Crippen molar-refractivity contribution in [2.45, 2.75) is 25.2 Å². The molecule has 2 N–H and O–H groups in total. The zero-order chi connectivity index (χ0) is 20.1. The van der Waals surface area contributed by atoms with Gasteiger partial charge in [-0.25, -0.2) is 8.42 Å². The van der Waals surface area contributed by atoms with E-state index in [2.05, 4.69) is 15.6 Å². The maximum Gasteiger partial charge on any atom is 0.422 e. The summed E-state index contributed by atoms with van der Waals surface area (Å²) in [6.45, 7) is -1.09. The van der Waals surface area contributed by atoms with E-state index in [1.807, 2.05) is 0 Å². The Morgan fingerprint density at radius 3 is 2.63 bits per heavy atom. The molecule has 152 valence electrons. The lowest BCUT2D eigenvalue weighted by molar-refractivity contribution is -0.153. The summed E-state index contributed by atoms with van der Waals surface area (Å²) in [5.41, 5.74) is 0.730. The quantitative estimate of drug-likeness (QED) is 0.547. The number of alkyl halides is 3. The fourth-order valence-corrected chi connectivity index (χ4v) is 4.26. The van der Waals surface area contributed by atoms with E-state index in [0.29, 0.717) is 18.9 Å². The molecule has 1 fully saturated rings. The number of hydrogen-bond donors (Lipinski definition) is 2. The first-order valence-electron chi connectivity index (χ1n) is 8.16. The first-order valence-corrected chi connectivity index (χ1v) is 9.98. The fourth-order valence-electron chi connectivity index (χ4n) is 2.58. The molecule has 11 heteroatoms. The van der Waals surface area contributed by atoms with Gasteiger partial charge in [-0.3, -0.25) is 4.99 Å². The number of benzene rings is 1. The second-order valence-electron chi connectivity index (χ2n) is 6.06. The van der Waals surface area contributed by atoms with E-state index < -0.39 is 22.6 Å². The third-order valence-electron chi connectivity index (χ3n) is 3.88. The SMILES string of the molecule is CN=C(NCc1ccc(OCC(F)(F)F)c(OC)c1)NC1CCS(=O)(=O)C1. The molecule has 0 amide bonds. The standard InChI is InChI=1S/C16H22F3N3O4S/c1-20-15(22-12-5-6-27(23,24)9-12)21-8-11-3-4-13(14(7-11)25-2)26-10-16(17,18)19/h3-4,7,12H,5-6,8-10H2,1-2H3,(H2,20,21,22). The molecule has 0 aliphatic carbocycles. The number of aliphatic imine (C=N–C) groups is 1. The summed E-state index contributed by atoms with van der Waals surface area (Å²) in [5, 5.41) is 6.08. The van der Waals surface area contributed by atoms with Crippen LogP contribution in [0.15, 0.2) is 23.2 Å². The highest BCUT2D eigenvalue weighted by Gasteiger charge is 2.29. The summed E-state index contributed by atoms with van der Waals surface area (Å²) < 4.78 is 69.7.